The summed E-state index contributed by atoms with van der Waals surface area (Å²) in [6.07, 6.45) is 2.62. The first-order chi connectivity index (χ1) is 7.19. The number of aliphatic imine (C=N–C) groups is 1. The molecule has 0 aromatic rings. The van der Waals surface area contributed by atoms with E-state index in [1.807, 2.05) is 6.07 Å². The van der Waals surface area contributed by atoms with Crippen molar-refractivity contribution in [2.24, 2.45) is 10.7 Å². The highest BCUT2D eigenvalue weighted by Gasteiger charge is 2.16. The van der Waals surface area contributed by atoms with Gasteiger partial charge in [0.1, 0.15) is 6.04 Å². The molecule has 2 atom stereocenters. The molecule has 0 amide bonds. The number of nitrogens with zero attached hydrogens (tertiary/aromatic N) is 3. The lowest BCUT2D eigenvalue weighted by Crippen LogP contribution is -2.31. The maximum Gasteiger partial charge on any atom is 0.184 e. The highest BCUT2D eigenvalue weighted by atomic mass is 16.5. The van der Waals surface area contributed by atoms with Gasteiger partial charge in [-0.25, -0.2) is 4.99 Å². The highest BCUT2D eigenvalue weighted by molar-refractivity contribution is 5.76. The molecule has 82 valence electrons. The second-order valence-electron chi connectivity index (χ2n) is 3.06. The van der Waals surface area contributed by atoms with Crippen LogP contribution >= 0.6 is 0 Å². The molecule has 0 saturated heterocycles. The lowest BCUT2D eigenvalue weighted by molar-refractivity contribution is 0.383. The molecule has 0 radical (unpaired) electrons. The zero-order valence-corrected chi connectivity index (χ0v) is 9.10. The van der Waals surface area contributed by atoms with Crippen molar-refractivity contribution in [1.82, 2.24) is 0 Å². The van der Waals surface area contributed by atoms with E-state index in [0.29, 0.717) is 12.3 Å². The van der Waals surface area contributed by atoms with E-state index < -0.39 is 12.1 Å². The number of ether oxygens (including phenoxy) is 1. The van der Waals surface area contributed by atoms with Gasteiger partial charge < -0.3 is 10.5 Å². The van der Waals surface area contributed by atoms with Crippen LogP contribution < -0.4 is 5.73 Å². The van der Waals surface area contributed by atoms with Gasteiger partial charge in [-0.15, -0.1) is 0 Å². The van der Waals surface area contributed by atoms with Crippen LogP contribution in [0, 0.1) is 22.7 Å². The van der Waals surface area contributed by atoms with Crippen LogP contribution in [0.1, 0.15) is 26.2 Å². The third-order valence-electron chi connectivity index (χ3n) is 1.88. The maximum absolute atomic E-state index is 8.75. The predicted octanol–water partition coefficient (Wildman–Crippen LogP) is 0.965. The van der Waals surface area contributed by atoms with Crippen molar-refractivity contribution < 1.29 is 4.74 Å². The Morgan fingerprint density at radius 1 is 1.47 bits per heavy atom. The molecule has 0 heterocycles. The Hall–Kier alpha value is -1.59. The fourth-order valence-corrected chi connectivity index (χ4v) is 0.963. The molecule has 15 heavy (non-hydrogen) atoms. The molecule has 0 aliphatic carbocycles. The third kappa shape index (κ3) is 4.99. The van der Waals surface area contributed by atoms with Crippen molar-refractivity contribution in [3.63, 3.8) is 0 Å². The predicted molar refractivity (Wildman–Crippen MR) is 57.0 cm³/mol. The first-order valence-electron chi connectivity index (χ1n) is 4.85. The van der Waals surface area contributed by atoms with Crippen LogP contribution in [0.3, 0.4) is 0 Å². The van der Waals surface area contributed by atoms with Crippen LogP contribution in [0.15, 0.2) is 4.99 Å². The lowest BCUT2D eigenvalue weighted by Gasteiger charge is -2.09. The smallest absolute Gasteiger partial charge is 0.184 e. The Bertz CT molecular complexity index is 287. The minimum Gasteiger partial charge on any atom is -0.484 e. The summed E-state index contributed by atoms with van der Waals surface area (Å²) >= 11 is 0. The van der Waals surface area contributed by atoms with E-state index in [-0.39, 0.29) is 0 Å². The lowest BCUT2D eigenvalue weighted by atomic mass is 10.2. The molecule has 0 aromatic carbocycles. The van der Waals surface area contributed by atoms with Crippen molar-refractivity contribution in [1.29, 1.82) is 10.5 Å². The zero-order valence-electron chi connectivity index (χ0n) is 9.10. The molecular weight excluding hydrogens is 192 g/mol. The molecule has 0 bridgehead atoms. The zero-order chi connectivity index (χ0) is 11.7. The number of hydrogen-bond acceptors (Lipinski definition) is 5. The SMILES string of the molecule is CCCCC(=NC(C#N)C(N)C#N)OC. The van der Waals surface area contributed by atoms with E-state index in [0.717, 1.165) is 12.8 Å². The second-order valence-corrected chi connectivity index (χ2v) is 3.06. The van der Waals surface area contributed by atoms with E-state index in [9.17, 15) is 0 Å². The standard InChI is InChI=1S/C10H16N4O/c1-3-4-5-10(15-2)14-9(7-12)8(13)6-11/h8-9H,3-5,13H2,1-2H3. The number of nitriles is 2. The van der Waals surface area contributed by atoms with Gasteiger partial charge >= 0.3 is 0 Å². The summed E-state index contributed by atoms with van der Waals surface area (Å²) in [7, 11) is 1.50. The van der Waals surface area contributed by atoms with Gasteiger partial charge in [-0.3, -0.25) is 0 Å². The van der Waals surface area contributed by atoms with Gasteiger partial charge in [0, 0.05) is 6.42 Å². The van der Waals surface area contributed by atoms with Crippen LogP contribution in [0.25, 0.3) is 0 Å². The van der Waals surface area contributed by atoms with E-state index in [2.05, 4.69) is 11.9 Å². The molecule has 0 spiro atoms. The van der Waals surface area contributed by atoms with E-state index in [4.69, 9.17) is 21.0 Å². The van der Waals surface area contributed by atoms with Crippen molar-refractivity contribution >= 4 is 5.90 Å². The van der Waals surface area contributed by atoms with Crippen LogP contribution in [-0.4, -0.2) is 25.1 Å². The molecule has 0 aromatic heterocycles. The Morgan fingerprint density at radius 3 is 2.53 bits per heavy atom. The Labute approximate surface area is 90.2 Å². The number of unbranched alkanes of at least 4 members (excludes halogenated alkanes) is 1. The Balaban J connectivity index is 4.51. The maximum atomic E-state index is 8.75. The van der Waals surface area contributed by atoms with Gasteiger partial charge in [0.15, 0.2) is 11.9 Å². The van der Waals surface area contributed by atoms with Gasteiger partial charge in [-0.1, -0.05) is 13.3 Å². The summed E-state index contributed by atoms with van der Waals surface area (Å²) in [6.45, 7) is 2.05. The van der Waals surface area contributed by atoms with Crippen LogP contribution in [0.4, 0.5) is 0 Å². The average Bonchev–Trinajstić information content (AvgIpc) is 2.28. The van der Waals surface area contributed by atoms with Crippen molar-refractivity contribution in [3.05, 3.63) is 0 Å². The quantitative estimate of drug-likeness (QED) is 0.537. The van der Waals surface area contributed by atoms with Gasteiger partial charge in [0.25, 0.3) is 0 Å². The molecule has 0 aliphatic rings. The minimum atomic E-state index is -0.901. The summed E-state index contributed by atoms with van der Waals surface area (Å²) in [6, 6.07) is 1.93. The number of nitrogens with two attached hydrogens (primary N) is 1. The summed E-state index contributed by atoms with van der Waals surface area (Å²) in [5.74, 6) is 0.481. The Morgan fingerprint density at radius 2 is 2.13 bits per heavy atom. The van der Waals surface area contributed by atoms with E-state index >= 15 is 0 Å². The first kappa shape index (κ1) is 13.4. The fraction of sp³-hybridized carbons (Fsp3) is 0.700. The molecule has 0 aliphatic heterocycles. The fourth-order valence-electron chi connectivity index (χ4n) is 0.963. The Kier molecular flexibility index (Phi) is 6.96. The van der Waals surface area contributed by atoms with Gasteiger partial charge in [-0.05, 0) is 6.42 Å². The third-order valence-corrected chi connectivity index (χ3v) is 1.88. The molecule has 0 rings (SSSR count). The number of methoxy groups -OCH3 is 1. The monoisotopic (exact) mass is 208 g/mol. The van der Waals surface area contributed by atoms with Crippen LogP contribution in [0.5, 0.6) is 0 Å². The first-order valence-corrected chi connectivity index (χ1v) is 4.85. The van der Waals surface area contributed by atoms with Gasteiger partial charge in [0.05, 0.1) is 19.2 Å². The van der Waals surface area contributed by atoms with E-state index in [1.54, 1.807) is 6.07 Å². The van der Waals surface area contributed by atoms with Crippen molar-refractivity contribution in [2.75, 3.05) is 7.11 Å². The minimum absolute atomic E-state index is 0.481. The van der Waals surface area contributed by atoms with Crippen molar-refractivity contribution in [3.8, 4) is 12.1 Å². The molecule has 5 heteroatoms. The highest BCUT2D eigenvalue weighted by Crippen LogP contribution is 2.02. The normalized spacial score (nSPS) is 14.9. The topological polar surface area (TPSA) is 95.2 Å². The van der Waals surface area contributed by atoms with Crippen LogP contribution in [0.2, 0.25) is 0 Å². The van der Waals surface area contributed by atoms with Crippen LogP contribution in [-0.2, 0) is 4.74 Å². The second kappa shape index (κ2) is 7.78. The summed E-state index contributed by atoms with van der Waals surface area (Å²) in [5.41, 5.74) is 5.41. The number of hydrogen-bond donors (Lipinski definition) is 1. The molecule has 0 saturated carbocycles. The van der Waals surface area contributed by atoms with Gasteiger partial charge in [-0.2, -0.15) is 10.5 Å². The molecular formula is C10H16N4O. The summed E-state index contributed by atoms with van der Waals surface area (Å²) in [4.78, 5) is 4.01. The van der Waals surface area contributed by atoms with Crippen molar-refractivity contribution in [2.45, 2.75) is 38.3 Å². The van der Waals surface area contributed by atoms with Gasteiger partial charge in [0.2, 0.25) is 0 Å². The average molecular weight is 208 g/mol. The van der Waals surface area contributed by atoms with E-state index in [1.165, 1.54) is 7.11 Å². The largest absolute Gasteiger partial charge is 0.484 e. The summed E-state index contributed by atoms with van der Waals surface area (Å²) < 4.78 is 5.01. The summed E-state index contributed by atoms with van der Waals surface area (Å²) in [5, 5.41) is 17.3. The molecule has 2 N–H and O–H groups in total. The molecule has 5 nitrogen and oxygen atoms in total. The molecule has 0 fully saturated rings. The molecule has 2 unspecified atom stereocenters. The number of rotatable bonds is 5.